The average molecular weight is 449 g/mol. The topological polar surface area (TPSA) is 52.6 Å². The first-order valence-electron chi connectivity index (χ1n) is 12.9. The molecule has 0 spiro atoms. The molecule has 1 aromatic carbocycles. The maximum atomic E-state index is 12.6. The summed E-state index contributed by atoms with van der Waals surface area (Å²) >= 11 is 0. The molecule has 176 valence electrons. The van der Waals surface area contributed by atoms with Gasteiger partial charge in [0.05, 0.1) is 11.8 Å². The van der Waals surface area contributed by atoms with Crippen molar-refractivity contribution in [2.75, 3.05) is 0 Å². The fraction of sp³-hybridized carbons (Fsp3) is 0.586. The van der Waals surface area contributed by atoms with Crippen LogP contribution in [0.5, 0.6) is 5.75 Å². The molecule has 2 unspecified atom stereocenters. The zero-order chi connectivity index (χ0) is 22.9. The van der Waals surface area contributed by atoms with Crippen LogP contribution in [-0.2, 0) is 20.7 Å². The number of ether oxygens (including phenoxy) is 2. The van der Waals surface area contributed by atoms with Gasteiger partial charge in [0.15, 0.2) is 0 Å². The highest BCUT2D eigenvalue weighted by Gasteiger charge is 2.34. The number of hydrogen-bond donors (Lipinski definition) is 0. The van der Waals surface area contributed by atoms with E-state index in [-0.39, 0.29) is 29.7 Å². The van der Waals surface area contributed by atoms with Gasteiger partial charge in [-0.25, -0.2) is 0 Å². The zero-order valence-electron chi connectivity index (χ0n) is 19.9. The molecular formula is C29H36O4. The molecule has 0 aromatic heterocycles. The number of rotatable bonds is 4. The predicted octanol–water partition coefficient (Wildman–Crippen LogP) is 6.50. The molecule has 5 rings (SSSR count). The third-order valence-electron chi connectivity index (χ3n) is 8.37. The second-order valence-electron chi connectivity index (χ2n) is 10.9. The molecule has 0 heterocycles. The van der Waals surface area contributed by atoms with E-state index >= 15 is 0 Å². The summed E-state index contributed by atoms with van der Waals surface area (Å²) in [6.07, 6.45) is 15.3. The maximum Gasteiger partial charge on any atom is 0.314 e. The lowest BCUT2D eigenvalue weighted by molar-refractivity contribution is -0.145. The highest BCUT2D eigenvalue weighted by atomic mass is 16.5. The van der Waals surface area contributed by atoms with E-state index in [2.05, 4.69) is 32.1 Å². The molecule has 4 nitrogen and oxygen atoms in total. The van der Waals surface area contributed by atoms with Crippen molar-refractivity contribution >= 4 is 11.9 Å². The van der Waals surface area contributed by atoms with Gasteiger partial charge in [0.25, 0.3) is 0 Å². The molecule has 1 aromatic rings. The average Bonchev–Trinajstić information content (AvgIpc) is 3.16. The summed E-state index contributed by atoms with van der Waals surface area (Å²) < 4.78 is 11.6. The van der Waals surface area contributed by atoms with Crippen molar-refractivity contribution in [3.63, 3.8) is 0 Å². The molecular weight excluding hydrogens is 412 g/mol. The van der Waals surface area contributed by atoms with E-state index in [1.807, 2.05) is 18.2 Å². The Morgan fingerprint density at radius 3 is 2.06 bits per heavy atom. The first-order valence-corrected chi connectivity index (χ1v) is 12.9. The van der Waals surface area contributed by atoms with Crippen molar-refractivity contribution < 1.29 is 19.1 Å². The fourth-order valence-electron chi connectivity index (χ4n) is 6.09. The van der Waals surface area contributed by atoms with Gasteiger partial charge in [0.2, 0.25) is 0 Å². The normalized spacial score (nSPS) is 33.0. The largest absolute Gasteiger partial charge is 0.427 e. The van der Waals surface area contributed by atoms with E-state index in [0.29, 0.717) is 23.3 Å². The number of hydrogen-bond acceptors (Lipinski definition) is 4. The van der Waals surface area contributed by atoms with Crippen molar-refractivity contribution in [1.82, 2.24) is 0 Å². The summed E-state index contributed by atoms with van der Waals surface area (Å²) in [7, 11) is 0. The van der Waals surface area contributed by atoms with Crippen LogP contribution < -0.4 is 4.74 Å². The Morgan fingerprint density at radius 2 is 1.42 bits per heavy atom. The van der Waals surface area contributed by atoms with Crippen LogP contribution in [0.15, 0.2) is 42.2 Å². The molecule has 0 amide bonds. The molecule has 0 radical (unpaired) electrons. The van der Waals surface area contributed by atoms with Crippen molar-refractivity contribution in [3.05, 3.63) is 53.3 Å². The van der Waals surface area contributed by atoms with E-state index in [4.69, 9.17) is 9.47 Å². The highest BCUT2D eigenvalue weighted by Crippen LogP contribution is 2.44. The van der Waals surface area contributed by atoms with Gasteiger partial charge in [0, 0.05) is 5.92 Å². The van der Waals surface area contributed by atoms with Gasteiger partial charge < -0.3 is 9.47 Å². The van der Waals surface area contributed by atoms with Crippen molar-refractivity contribution in [3.8, 4) is 5.75 Å². The summed E-state index contributed by atoms with van der Waals surface area (Å²) in [5, 5.41) is 0. The molecule has 0 bridgehead atoms. The first kappa shape index (κ1) is 22.4. The summed E-state index contributed by atoms with van der Waals surface area (Å²) in [5.74, 6) is 3.28. The van der Waals surface area contributed by atoms with Crippen LogP contribution in [0.3, 0.4) is 0 Å². The second kappa shape index (κ2) is 9.48. The Balaban J connectivity index is 1.20. The van der Waals surface area contributed by atoms with Gasteiger partial charge >= 0.3 is 11.9 Å². The quantitative estimate of drug-likeness (QED) is 0.390. The zero-order valence-corrected chi connectivity index (χ0v) is 19.9. The minimum Gasteiger partial charge on any atom is -0.427 e. The molecule has 33 heavy (non-hydrogen) atoms. The molecule has 2 atom stereocenters. The lowest BCUT2D eigenvalue weighted by atomic mass is 9.83. The summed E-state index contributed by atoms with van der Waals surface area (Å²) in [5.41, 5.74) is 2.51. The number of allylic oxidation sites excluding steroid dienone is 3. The Morgan fingerprint density at radius 1 is 0.818 bits per heavy atom. The van der Waals surface area contributed by atoms with E-state index in [9.17, 15) is 9.59 Å². The minimum absolute atomic E-state index is 0.0347. The van der Waals surface area contributed by atoms with Crippen LogP contribution in [0.25, 0.3) is 0 Å². The van der Waals surface area contributed by atoms with Gasteiger partial charge in [-0.1, -0.05) is 26.0 Å². The molecule has 0 aliphatic heterocycles. The Kier molecular flexibility index (Phi) is 6.44. The molecule has 0 saturated heterocycles. The number of esters is 2. The second-order valence-corrected chi connectivity index (χ2v) is 10.9. The van der Waals surface area contributed by atoms with E-state index in [0.717, 1.165) is 63.7 Å². The Labute approximate surface area is 197 Å². The SMILES string of the molecule is CC1CCC(C(=O)OC2=CC3Cc4cc(OC(=O)C5CCC(C)CC5)ccc4C3C=C2)CC1. The molecule has 2 fully saturated rings. The van der Waals surface area contributed by atoms with Crippen LogP contribution in [-0.4, -0.2) is 11.9 Å². The van der Waals surface area contributed by atoms with Crippen LogP contribution in [0, 0.1) is 29.6 Å². The first-order chi connectivity index (χ1) is 16.0. The number of carbonyl (C=O) groups excluding carboxylic acids is 2. The number of carbonyl (C=O) groups is 2. The Hall–Kier alpha value is -2.36. The maximum absolute atomic E-state index is 12.6. The molecule has 2 saturated carbocycles. The van der Waals surface area contributed by atoms with Crippen LogP contribution >= 0.6 is 0 Å². The van der Waals surface area contributed by atoms with Crippen LogP contribution in [0.2, 0.25) is 0 Å². The summed E-state index contributed by atoms with van der Waals surface area (Å²) in [6.45, 7) is 4.52. The van der Waals surface area contributed by atoms with Gasteiger partial charge in [0.1, 0.15) is 11.5 Å². The van der Waals surface area contributed by atoms with E-state index < -0.39 is 0 Å². The van der Waals surface area contributed by atoms with E-state index in [1.165, 1.54) is 11.1 Å². The molecule has 4 aliphatic carbocycles. The van der Waals surface area contributed by atoms with E-state index in [1.54, 1.807) is 0 Å². The smallest absolute Gasteiger partial charge is 0.314 e. The molecule has 4 aliphatic rings. The highest BCUT2D eigenvalue weighted by molar-refractivity contribution is 5.75. The molecule has 4 heteroatoms. The standard InChI is InChI=1S/C29H36O4/c1-18-3-7-20(8-4-18)28(30)32-24-11-13-26-22(16-24)15-23-17-25(12-14-27(23)26)33-29(31)21-9-5-19(2)6-10-21/h11-14,16-22,26H,3-10,15H2,1-2H3. The monoisotopic (exact) mass is 448 g/mol. The third kappa shape index (κ3) is 4.95. The fourth-order valence-corrected chi connectivity index (χ4v) is 6.09. The van der Waals surface area contributed by atoms with Gasteiger partial charge in [-0.3, -0.25) is 9.59 Å². The summed E-state index contributed by atoms with van der Waals surface area (Å²) in [4.78, 5) is 25.3. The molecule has 0 N–H and O–H groups in total. The van der Waals surface area contributed by atoms with Crippen LogP contribution in [0.1, 0.15) is 82.3 Å². The van der Waals surface area contributed by atoms with Crippen molar-refractivity contribution in [2.45, 2.75) is 77.6 Å². The third-order valence-corrected chi connectivity index (χ3v) is 8.37. The number of fused-ring (bicyclic) bond motifs is 3. The van der Waals surface area contributed by atoms with Crippen molar-refractivity contribution in [2.24, 2.45) is 29.6 Å². The van der Waals surface area contributed by atoms with Crippen molar-refractivity contribution in [1.29, 1.82) is 0 Å². The Bertz CT molecular complexity index is 958. The van der Waals surface area contributed by atoms with Crippen LogP contribution in [0.4, 0.5) is 0 Å². The predicted molar refractivity (Wildman–Crippen MR) is 128 cm³/mol. The minimum atomic E-state index is -0.0802. The van der Waals surface area contributed by atoms with Gasteiger partial charge in [-0.05, 0) is 111 Å². The summed E-state index contributed by atoms with van der Waals surface area (Å²) in [6, 6.07) is 6.07. The lowest BCUT2D eigenvalue weighted by Gasteiger charge is -2.25. The lowest BCUT2D eigenvalue weighted by Crippen LogP contribution is -2.25. The number of benzene rings is 1. The van der Waals surface area contributed by atoms with Gasteiger partial charge in [-0.15, -0.1) is 0 Å². The van der Waals surface area contributed by atoms with Gasteiger partial charge in [-0.2, -0.15) is 0 Å².